The van der Waals surface area contributed by atoms with E-state index in [1.54, 1.807) is 45.7 Å². The van der Waals surface area contributed by atoms with Crippen LogP contribution < -0.4 is 0 Å². The molecule has 0 radical (unpaired) electrons. The number of rotatable bonds is 9. The van der Waals surface area contributed by atoms with E-state index >= 15 is 0 Å². The molecule has 3 aliphatic rings. The number of fused-ring (bicyclic) bond motifs is 1. The van der Waals surface area contributed by atoms with E-state index in [4.69, 9.17) is 0 Å². The fourth-order valence-corrected chi connectivity index (χ4v) is 8.23. The zero-order valence-corrected chi connectivity index (χ0v) is 19.8. The third-order valence-corrected chi connectivity index (χ3v) is 9.19. The van der Waals surface area contributed by atoms with E-state index in [0.29, 0.717) is 13.1 Å². The molecule has 3 unspecified atom stereocenters. The Morgan fingerprint density at radius 2 is 1.94 bits per heavy atom. The molecular formula is C23H35N3O4S. The number of likely N-dealkylation sites (tertiary alicyclic amines) is 1. The molecule has 0 aromatic carbocycles. The highest BCUT2D eigenvalue weighted by Crippen LogP contribution is 2.68. The normalized spacial score (nSPS) is 33.5. The summed E-state index contributed by atoms with van der Waals surface area (Å²) in [5.41, 5.74) is 0. The predicted octanol–water partition coefficient (Wildman–Crippen LogP) is 1.38. The third-order valence-electron chi connectivity index (χ3n) is 7.12. The lowest BCUT2D eigenvalue weighted by atomic mass is 9.65. The minimum absolute atomic E-state index is 0.0159. The quantitative estimate of drug-likeness (QED) is 0.538. The smallest absolute Gasteiger partial charge is 0.247 e. The fourth-order valence-electron chi connectivity index (χ4n) is 5.82. The van der Waals surface area contributed by atoms with Gasteiger partial charge in [-0.2, -0.15) is 0 Å². The van der Waals surface area contributed by atoms with Crippen LogP contribution in [0.25, 0.3) is 0 Å². The molecule has 1 N–H and O–H groups in total. The van der Waals surface area contributed by atoms with Gasteiger partial charge >= 0.3 is 0 Å². The minimum Gasteiger partial charge on any atom is -0.395 e. The van der Waals surface area contributed by atoms with Gasteiger partial charge in [0.25, 0.3) is 0 Å². The zero-order valence-electron chi connectivity index (χ0n) is 19.0. The topological polar surface area (TPSA) is 81.2 Å². The Hall–Kier alpha value is -1.80. The summed E-state index contributed by atoms with van der Waals surface area (Å²) in [7, 11) is 1.73. The molecule has 3 saturated heterocycles. The maximum absolute atomic E-state index is 13.9. The number of β-amino-alcohol motifs (C(OH)–C–C–N with tert-alkyl or cyclic N) is 1. The van der Waals surface area contributed by atoms with Crippen LogP contribution in [0.5, 0.6) is 0 Å². The Kier molecular flexibility index (Phi) is 6.91. The van der Waals surface area contributed by atoms with Crippen LogP contribution in [-0.4, -0.2) is 92.9 Å². The Morgan fingerprint density at radius 1 is 1.29 bits per heavy atom. The number of carbonyl (C=O) groups is 3. The number of thioether (sulfide) groups is 1. The maximum Gasteiger partial charge on any atom is 0.247 e. The Balaban J connectivity index is 2.07. The lowest BCUT2D eigenvalue weighted by Gasteiger charge is -2.41. The summed E-state index contributed by atoms with van der Waals surface area (Å²) < 4.78 is -0.655. The molecule has 172 valence electrons. The fraction of sp³-hybridized carbons (Fsp3) is 0.696. The van der Waals surface area contributed by atoms with Crippen molar-refractivity contribution in [3.63, 3.8) is 0 Å². The monoisotopic (exact) mass is 449 g/mol. The molecule has 6 atom stereocenters. The Labute approximate surface area is 189 Å². The first-order valence-electron chi connectivity index (χ1n) is 11.0. The summed E-state index contributed by atoms with van der Waals surface area (Å²) >= 11 is 1.66. The van der Waals surface area contributed by atoms with Crippen LogP contribution in [0.4, 0.5) is 0 Å². The molecule has 0 aromatic heterocycles. The molecule has 3 rings (SSSR count). The van der Waals surface area contributed by atoms with Crippen LogP contribution in [-0.2, 0) is 14.4 Å². The number of likely N-dealkylation sites (N-methyl/N-ethyl adjacent to an activating group) is 1. The van der Waals surface area contributed by atoms with Crippen LogP contribution in [0.15, 0.2) is 25.3 Å². The van der Waals surface area contributed by atoms with Gasteiger partial charge in [0.15, 0.2) is 0 Å². The van der Waals surface area contributed by atoms with E-state index in [9.17, 15) is 19.5 Å². The average molecular weight is 450 g/mol. The minimum atomic E-state index is -0.688. The van der Waals surface area contributed by atoms with Gasteiger partial charge in [-0.1, -0.05) is 19.1 Å². The molecule has 0 aromatic rings. The number of hydrogen-bond acceptors (Lipinski definition) is 5. The average Bonchev–Trinajstić information content (AvgIpc) is 3.30. The number of aliphatic hydroxyl groups is 1. The molecule has 1 spiro atoms. The van der Waals surface area contributed by atoms with Crippen molar-refractivity contribution in [1.29, 1.82) is 0 Å². The summed E-state index contributed by atoms with van der Waals surface area (Å²) in [5.74, 6) is -1.25. The van der Waals surface area contributed by atoms with Crippen molar-refractivity contribution >= 4 is 29.5 Å². The van der Waals surface area contributed by atoms with Gasteiger partial charge in [0.05, 0.1) is 23.2 Å². The van der Waals surface area contributed by atoms with Crippen LogP contribution in [0, 0.1) is 17.8 Å². The predicted molar refractivity (Wildman–Crippen MR) is 122 cm³/mol. The molecule has 31 heavy (non-hydrogen) atoms. The van der Waals surface area contributed by atoms with E-state index in [-0.39, 0.29) is 48.1 Å². The van der Waals surface area contributed by atoms with Crippen molar-refractivity contribution < 1.29 is 19.5 Å². The van der Waals surface area contributed by atoms with Gasteiger partial charge in [0.1, 0.15) is 6.04 Å². The second-order valence-corrected chi connectivity index (χ2v) is 10.7. The molecular weight excluding hydrogens is 414 g/mol. The second kappa shape index (κ2) is 8.98. The second-order valence-electron chi connectivity index (χ2n) is 9.19. The van der Waals surface area contributed by atoms with Gasteiger partial charge in [0.2, 0.25) is 17.7 Å². The lowest BCUT2D eigenvalue weighted by Crippen LogP contribution is -2.58. The van der Waals surface area contributed by atoms with Crippen molar-refractivity contribution in [2.75, 3.05) is 33.3 Å². The summed E-state index contributed by atoms with van der Waals surface area (Å²) in [6.07, 6.45) is 4.17. The SMILES string of the molecule is C=CCN(C)C(=O)[C@@H]1[C@@H]2CC(C)C3(S2)C(C(=O)N(CC=C)C(C)C)N(CCO)C(=O)[C@H]13. The number of hydrogen-bond donors (Lipinski definition) is 1. The van der Waals surface area contributed by atoms with Crippen molar-refractivity contribution in [2.24, 2.45) is 17.8 Å². The largest absolute Gasteiger partial charge is 0.395 e. The molecule has 8 heteroatoms. The maximum atomic E-state index is 13.9. The Morgan fingerprint density at radius 3 is 2.48 bits per heavy atom. The standard InChI is InChI=1S/C23H35N3O4S/c1-7-9-24(6)20(28)17-16-13-15(5)23(31-16)18(17)21(29)26(11-12-27)19(23)22(30)25(10-8-2)14(3)4/h7-8,14-19,27H,1-2,9-13H2,3-6H3/t15?,16-,17+,18-,19?,23?/m0/s1. The summed E-state index contributed by atoms with van der Waals surface area (Å²) in [6, 6.07) is -0.742. The van der Waals surface area contributed by atoms with Crippen molar-refractivity contribution in [2.45, 2.75) is 49.3 Å². The molecule has 0 aliphatic carbocycles. The molecule has 2 bridgehead atoms. The van der Waals surface area contributed by atoms with Crippen LogP contribution in [0.1, 0.15) is 27.2 Å². The van der Waals surface area contributed by atoms with Gasteiger partial charge in [-0.3, -0.25) is 14.4 Å². The summed E-state index contributed by atoms with van der Waals surface area (Å²) in [6.45, 7) is 14.2. The van der Waals surface area contributed by atoms with E-state index in [1.807, 2.05) is 13.8 Å². The van der Waals surface area contributed by atoms with E-state index in [0.717, 1.165) is 6.42 Å². The van der Waals surface area contributed by atoms with Crippen LogP contribution in [0.2, 0.25) is 0 Å². The van der Waals surface area contributed by atoms with Crippen LogP contribution >= 0.6 is 11.8 Å². The van der Waals surface area contributed by atoms with E-state index in [2.05, 4.69) is 20.1 Å². The first kappa shape index (κ1) is 23.9. The van der Waals surface area contributed by atoms with Gasteiger partial charge in [-0.15, -0.1) is 24.9 Å². The molecule has 3 heterocycles. The van der Waals surface area contributed by atoms with Crippen molar-refractivity contribution in [3.05, 3.63) is 25.3 Å². The lowest BCUT2D eigenvalue weighted by molar-refractivity contribution is -0.145. The third kappa shape index (κ3) is 3.52. The molecule has 3 amide bonds. The highest BCUT2D eigenvalue weighted by Gasteiger charge is 2.76. The van der Waals surface area contributed by atoms with E-state index in [1.165, 1.54) is 0 Å². The number of nitrogens with zero attached hydrogens (tertiary/aromatic N) is 3. The number of carbonyl (C=O) groups excluding carboxylic acids is 3. The number of amides is 3. The van der Waals surface area contributed by atoms with Crippen LogP contribution in [0.3, 0.4) is 0 Å². The molecule has 0 saturated carbocycles. The first-order valence-corrected chi connectivity index (χ1v) is 11.9. The summed E-state index contributed by atoms with van der Waals surface area (Å²) in [5, 5.41) is 9.71. The Bertz CT molecular complexity index is 772. The zero-order chi connectivity index (χ0) is 23.1. The summed E-state index contributed by atoms with van der Waals surface area (Å²) in [4.78, 5) is 45.8. The first-order chi connectivity index (χ1) is 14.7. The van der Waals surface area contributed by atoms with Gasteiger partial charge in [0, 0.05) is 38.0 Å². The molecule has 3 fully saturated rings. The van der Waals surface area contributed by atoms with E-state index < -0.39 is 22.6 Å². The van der Waals surface area contributed by atoms with Crippen molar-refractivity contribution in [3.8, 4) is 0 Å². The van der Waals surface area contributed by atoms with Crippen molar-refractivity contribution in [1.82, 2.24) is 14.7 Å². The van der Waals surface area contributed by atoms with Gasteiger partial charge in [-0.25, -0.2) is 0 Å². The van der Waals surface area contributed by atoms with Gasteiger partial charge in [-0.05, 0) is 26.2 Å². The molecule has 3 aliphatic heterocycles. The highest BCUT2D eigenvalue weighted by molar-refractivity contribution is 8.02. The highest BCUT2D eigenvalue weighted by atomic mass is 32.2. The van der Waals surface area contributed by atoms with Gasteiger partial charge < -0.3 is 19.8 Å². The number of aliphatic hydroxyl groups excluding tert-OH is 1. The molecule has 7 nitrogen and oxygen atoms in total.